The number of benzene rings is 3. The number of amides is 3. The van der Waals surface area contributed by atoms with Gasteiger partial charge in [-0.25, -0.2) is 19.5 Å². The molecule has 0 bridgehead atoms. The summed E-state index contributed by atoms with van der Waals surface area (Å²) < 4.78 is 8.04. The maximum atomic E-state index is 13.8. The van der Waals surface area contributed by atoms with Gasteiger partial charge >= 0.3 is 0 Å². The molecule has 5 N–H and O–H groups in total. The van der Waals surface area contributed by atoms with Gasteiger partial charge in [0.1, 0.15) is 29.3 Å². The van der Waals surface area contributed by atoms with E-state index in [1.54, 1.807) is 6.07 Å². The lowest BCUT2D eigenvalue weighted by Gasteiger charge is -2.40. The van der Waals surface area contributed by atoms with Crippen molar-refractivity contribution in [3.05, 3.63) is 95.8 Å². The van der Waals surface area contributed by atoms with E-state index in [1.165, 1.54) is 11.2 Å². The number of carbonyl (C=O) groups is 3. The Morgan fingerprint density at radius 2 is 1.63 bits per heavy atom. The van der Waals surface area contributed by atoms with Crippen molar-refractivity contribution in [3.8, 4) is 22.8 Å². The number of nitrogens with zero attached hydrogens (tertiary/aromatic N) is 8. The van der Waals surface area contributed by atoms with Crippen LogP contribution in [0.4, 0.5) is 5.82 Å². The summed E-state index contributed by atoms with van der Waals surface area (Å²) in [5.41, 5.74) is 18.8. The lowest BCUT2D eigenvalue weighted by Crippen LogP contribution is -2.50. The van der Waals surface area contributed by atoms with Gasteiger partial charge in [0.15, 0.2) is 11.9 Å². The molecule has 5 aromatic rings. The summed E-state index contributed by atoms with van der Waals surface area (Å²) in [5.74, 6) is 1.37. The van der Waals surface area contributed by atoms with Gasteiger partial charge in [-0.05, 0) is 99.6 Å². The van der Waals surface area contributed by atoms with Crippen molar-refractivity contribution in [2.45, 2.75) is 69.7 Å². The number of rotatable bonds is 15. The second-order valence-electron chi connectivity index (χ2n) is 16.6. The Labute approximate surface area is 366 Å². The molecule has 0 aliphatic carbocycles. The van der Waals surface area contributed by atoms with E-state index in [0.717, 1.165) is 97.5 Å². The molecule has 6 heterocycles. The van der Waals surface area contributed by atoms with E-state index in [2.05, 4.69) is 25.4 Å². The van der Waals surface area contributed by atoms with Gasteiger partial charge in [-0.3, -0.25) is 29.0 Å². The molecule has 330 valence electrons. The maximum Gasteiger partial charge on any atom is 0.264 e. The highest BCUT2D eigenvalue weighted by Crippen LogP contribution is 2.38. The second kappa shape index (κ2) is 19.3. The first kappa shape index (κ1) is 42.5. The normalized spacial score (nSPS) is 19.5. The molecule has 63 heavy (non-hydrogen) atoms. The largest absolute Gasteiger partial charge is 0.457 e. The van der Waals surface area contributed by atoms with Gasteiger partial charge in [-0.2, -0.15) is 5.10 Å². The summed E-state index contributed by atoms with van der Waals surface area (Å²) in [7, 11) is 0. The molecule has 4 aliphatic heterocycles. The van der Waals surface area contributed by atoms with E-state index in [-0.39, 0.29) is 29.8 Å². The molecule has 2 aromatic heterocycles. The summed E-state index contributed by atoms with van der Waals surface area (Å²) in [6.07, 6.45) is 6.76. The number of aromatic nitrogens is 4. The molecule has 0 spiro atoms. The number of piperazine rings is 1. The van der Waals surface area contributed by atoms with Crippen LogP contribution in [0.15, 0.2) is 79.1 Å². The molecule has 2 atom stereocenters. The highest BCUT2D eigenvalue weighted by atomic mass is 16.9. The summed E-state index contributed by atoms with van der Waals surface area (Å²) in [4.78, 5) is 68.1. The highest BCUT2D eigenvalue weighted by molar-refractivity contribution is 6.22. The Balaban J connectivity index is 0.752. The van der Waals surface area contributed by atoms with Crippen LogP contribution in [0.2, 0.25) is 0 Å². The van der Waals surface area contributed by atoms with Crippen LogP contribution in [0.5, 0.6) is 11.5 Å². The average Bonchev–Trinajstić information content (AvgIpc) is 3.84. The number of likely N-dealkylation sites (tertiary alicyclic amines) is 1. The number of unbranched alkanes of at least 4 members (excludes halogenated alkanes) is 1. The number of nitrogen functional groups attached to an aromatic ring is 1. The third-order valence-electron chi connectivity index (χ3n) is 12.8. The van der Waals surface area contributed by atoms with E-state index in [0.29, 0.717) is 69.1 Å². The van der Waals surface area contributed by atoms with Gasteiger partial charge in [0.25, 0.3) is 11.8 Å². The molecule has 0 saturated carbocycles. The minimum Gasteiger partial charge on any atom is -0.457 e. The van der Waals surface area contributed by atoms with Gasteiger partial charge in [0, 0.05) is 63.7 Å². The van der Waals surface area contributed by atoms with Crippen molar-refractivity contribution in [1.82, 2.24) is 45.0 Å². The second-order valence-corrected chi connectivity index (χ2v) is 16.6. The van der Waals surface area contributed by atoms with E-state index in [1.807, 2.05) is 76.3 Å². The van der Waals surface area contributed by atoms with Crippen LogP contribution in [0, 0.1) is 0 Å². The zero-order chi connectivity index (χ0) is 43.3. The highest BCUT2D eigenvalue weighted by Gasteiger charge is 2.44. The van der Waals surface area contributed by atoms with Crippen LogP contribution in [-0.2, 0) is 14.5 Å². The van der Waals surface area contributed by atoms with Crippen LogP contribution >= 0.6 is 0 Å². The number of ether oxygens (including phenoxy) is 1. The minimum atomic E-state index is -0.749. The molecule has 3 amide bonds. The maximum absolute atomic E-state index is 13.8. The quantitative estimate of drug-likeness (QED) is 0.0931. The van der Waals surface area contributed by atoms with Crippen molar-refractivity contribution in [1.29, 1.82) is 0 Å². The van der Waals surface area contributed by atoms with Crippen molar-refractivity contribution in [2.75, 3.05) is 64.7 Å². The van der Waals surface area contributed by atoms with Crippen LogP contribution in [0.3, 0.4) is 0 Å². The number of carbonyl (C=O) groups excluding carboxylic acids is 3. The van der Waals surface area contributed by atoms with Gasteiger partial charge in [-0.15, -0.1) is 0 Å². The topological polar surface area (TPSA) is 200 Å². The molecule has 3 fully saturated rings. The zero-order valence-corrected chi connectivity index (χ0v) is 35.4. The number of imide groups is 1. The number of piperidine rings is 1. The number of nitrogens with one attached hydrogen (secondary N) is 1. The minimum absolute atomic E-state index is 0.117. The lowest BCUT2D eigenvalue weighted by atomic mass is 9.92. The van der Waals surface area contributed by atoms with Gasteiger partial charge in [0.2, 0.25) is 5.91 Å². The fourth-order valence-corrected chi connectivity index (χ4v) is 9.44. The summed E-state index contributed by atoms with van der Waals surface area (Å²) in [5, 5.41) is 5.85. The van der Waals surface area contributed by atoms with Gasteiger partial charge < -0.3 is 26.0 Å². The molecule has 17 nitrogen and oxygen atoms in total. The zero-order valence-electron chi connectivity index (χ0n) is 35.4. The predicted molar refractivity (Wildman–Crippen MR) is 235 cm³/mol. The van der Waals surface area contributed by atoms with Crippen LogP contribution in [-0.4, -0.2) is 122 Å². The Morgan fingerprint density at radius 3 is 2.38 bits per heavy atom. The Hall–Kier alpha value is -5.82. The van der Waals surface area contributed by atoms with Crippen LogP contribution in [0.25, 0.3) is 22.3 Å². The average molecular weight is 858 g/mol. The van der Waals surface area contributed by atoms with E-state index < -0.39 is 6.23 Å². The van der Waals surface area contributed by atoms with Gasteiger partial charge in [-0.1, -0.05) is 36.0 Å². The molecule has 17 heteroatoms. The molecule has 4 aliphatic rings. The number of fused-ring (bicyclic) bond motifs is 2. The Morgan fingerprint density at radius 1 is 0.857 bits per heavy atom. The summed E-state index contributed by atoms with van der Waals surface area (Å²) in [6, 6.07) is 23.1. The molecular formula is C46H55N11O6. The van der Waals surface area contributed by atoms with E-state index in [9.17, 15) is 14.4 Å². The Bertz CT molecular complexity index is 2390. The van der Waals surface area contributed by atoms with E-state index in [4.69, 9.17) is 31.0 Å². The van der Waals surface area contributed by atoms with Crippen molar-refractivity contribution in [3.63, 3.8) is 0 Å². The Kier molecular flexibility index (Phi) is 13.0. The molecule has 0 radical (unpaired) electrons. The first-order valence-corrected chi connectivity index (χ1v) is 22.2. The lowest BCUT2D eigenvalue weighted by molar-refractivity contribution is -0.259. The summed E-state index contributed by atoms with van der Waals surface area (Å²) in [6.45, 7) is 6.17. The van der Waals surface area contributed by atoms with Gasteiger partial charge in [0.05, 0.1) is 29.2 Å². The smallest absolute Gasteiger partial charge is 0.264 e. The third kappa shape index (κ3) is 9.02. The number of hydrogen-bond donors (Lipinski definition) is 3. The fourth-order valence-electron chi connectivity index (χ4n) is 9.44. The number of anilines is 1. The SMILES string of the molecule is NCCCC(c1cccc2c1C(=O)N(C1CCONO1)C2=O)N1CCN(C(=O)CCCCN2CCC(n3nc(-c4ccc(Oc5ccccc5)cc4)c4c(N)ncnc43)CC2)CC1. The first-order valence-electron chi connectivity index (χ1n) is 22.2. The number of para-hydroxylation sites is 1. The fraction of sp³-hybridized carbons (Fsp3) is 0.435. The van der Waals surface area contributed by atoms with Crippen molar-refractivity contribution in [2.24, 2.45) is 5.73 Å². The standard InChI is InChI=1S/C46H55N11O6/c47-21-7-12-37(35-10-6-11-36-40(35)46(60)56(45(36)59)39-20-29-61-52-63-39)54-25-27-55(28-26-54)38(58)13-4-5-22-53-23-18-32(19-24-53)57-44-41(43(48)49-30-50-44)42(51-57)31-14-16-34(17-15-31)62-33-8-2-1-3-9-33/h1-3,6,8-11,14-17,30,32,37,39,52H,4-5,7,12-13,18-29,47H2,(H2,48,49,50). The van der Waals surface area contributed by atoms with Crippen molar-refractivity contribution >= 4 is 34.6 Å². The van der Waals surface area contributed by atoms with Crippen molar-refractivity contribution < 1.29 is 28.8 Å². The first-order chi connectivity index (χ1) is 30.9. The monoisotopic (exact) mass is 857 g/mol. The predicted octanol–water partition coefficient (Wildman–Crippen LogP) is 5.08. The third-order valence-corrected chi connectivity index (χ3v) is 12.8. The molecule has 9 rings (SSSR count). The number of nitrogens with two attached hydrogens (primary N) is 2. The van der Waals surface area contributed by atoms with Crippen LogP contribution < -0.4 is 21.8 Å². The van der Waals surface area contributed by atoms with Crippen LogP contribution in [0.1, 0.15) is 89.7 Å². The summed E-state index contributed by atoms with van der Waals surface area (Å²) >= 11 is 0. The molecular weight excluding hydrogens is 803 g/mol. The molecule has 3 saturated heterocycles. The molecule has 2 unspecified atom stereocenters. The molecule has 3 aromatic carbocycles. The van der Waals surface area contributed by atoms with E-state index >= 15 is 0 Å². The number of hydrogen-bond acceptors (Lipinski definition) is 14.